The van der Waals surface area contributed by atoms with E-state index in [1.165, 1.54) is 58.9 Å². The molecule has 10 aliphatic heterocycles. The lowest BCUT2D eigenvalue weighted by atomic mass is 9.47. The zero-order valence-electron chi connectivity index (χ0n) is 75.1. The number of carbonyl (C=O) groups is 8. The van der Waals surface area contributed by atoms with E-state index >= 15 is 4.39 Å². The fourth-order valence-corrected chi connectivity index (χ4v) is 26.6. The first kappa shape index (κ1) is 95.1. The largest absolute Gasteiger partial charge is 0.483 e. The number of esters is 6. The second kappa shape index (κ2) is 35.8. The molecule has 4 saturated heterocycles. The minimum absolute atomic E-state index is 0.134. The third-order valence-electron chi connectivity index (χ3n) is 30.8. The molecule has 20 atom stereocenters. The van der Waals surface area contributed by atoms with E-state index in [-0.39, 0.29) is 54.3 Å². The summed E-state index contributed by atoms with van der Waals surface area (Å²) in [6.07, 6.45) is 14.6. The van der Waals surface area contributed by atoms with E-state index in [0.29, 0.717) is 115 Å². The Hall–Kier alpha value is -10.5. The molecule has 1 amide bonds. The molecule has 128 heavy (non-hydrogen) atoms. The third kappa shape index (κ3) is 15.2. The summed E-state index contributed by atoms with van der Waals surface area (Å²) in [4.78, 5) is 147. The van der Waals surface area contributed by atoms with Crippen LogP contribution in [0.4, 0.5) is 20.2 Å². The Morgan fingerprint density at radius 3 is 1.38 bits per heavy atom. The van der Waals surface area contributed by atoms with Gasteiger partial charge in [0.05, 0.1) is 37.5 Å². The van der Waals surface area contributed by atoms with Crippen molar-refractivity contribution in [2.24, 2.45) is 22.7 Å². The highest BCUT2D eigenvalue weighted by molar-refractivity contribution is 5.94. The van der Waals surface area contributed by atoms with Crippen LogP contribution in [0.5, 0.6) is 0 Å². The number of carboxylic acid groups (broad SMARTS) is 1. The zero-order valence-corrected chi connectivity index (χ0v) is 75.1. The van der Waals surface area contributed by atoms with Gasteiger partial charge in [0.15, 0.2) is 12.2 Å². The number of aliphatic hydroxyl groups is 4. The topological polar surface area (TPSA) is 412 Å². The van der Waals surface area contributed by atoms with E-state index in [1.807, 2.05) is 58.0 Å². The number of rotatable bonds is 11. The molecule has 4 bridgehead atoms. The molecule has 6 aromatic rings. The number of H-pyrrole nitrogens is 2. The van der Waals surface area contributed by atoms with Gasteiger partial charge in [-0.1, -0.05) is 64.1 Å². The lowest BCUT2D eigenvalue weighted by molar-refractivity contribution is -0.228. The molecular formula is C96H118F2N8O22. The minimum atomic E-state index is -2.43. The van der Waals surface area contributed by atoms with Gasteiger partial charge in [-0.3, -0.25) is 48.4 Å². The van der Waals surface area contributed by atoms with Gasteiger partial charge in [0.25, 0.3) is 6.47 Å². The number of benzene rings is 4. The van der Waals surface area contributed by atoms with Crippen molar-refractivity contribution in [1.82, 2.24) is 29.6 Å². The quantitative estimate of drug-likeness (QED) is 0.0197. The number of piperidine rings is 2. The van der Waals surface area contributed by atoms with Gasteiger partial charge in [-0.15, -0.1) is 0 Å². The summed E-state index contributed by atoms with van der Waals surface area (Å²) in [5, 5.41) is 62.3. The Balaban J connectivity index is 0.000000188. The lowest BCUT2D eigenvalue weighted by Gasteiger charge is -2.63. The van der Waals surface area contributed by atoms with Crippen LogP contribution in [0.2, 0.25) is 0 Å². The molecule has 688 valence electrons. The molecule has 4 aromatic carbocycles. The van der Waals surface area contributed by atoms with E-state index in [4.69, 9.17) is 48.0 Å². The molecule has 2 aliphatic carbocycles. The number of halogens is 2. The monoisotopic (exact) mass is 1770 g/mol. The highest BCUT2D eigenvalue weighted by Crippen LogP contribution is 2.70. The van der Waals surface area contributed by atoms with Crippen molar-refractivity contribution in [2.45, 2.75) is 241 Å². The van der Waals surface area contributed by atoms with Gasteiger partial charge in [-0.05, 0) is 223 Å². The third-order valence-corrected chi connectivity index (χ3v) is 30.8. The van der Waals surface area contributed by atoms with Crippen LogP contribution in [0.1, 0.15) is 189 Å². The number of anilines is 2. The predicted molar refractivity (Wildman–Crippen MR) is 461 cm³/mol. The van der Waals surface area contributed by atoms with Crippen LogP contribution in [0, 0.1) is 48.1 Å². The average Bonchev–Trinajstić information content (AvgIpc) is 1.48. The lowest BCUT2D eigenvalue weighted by Crippen LogP contribution is -2.81. The first-order chi connectivity index (χ1) is 60.7. The van der Waals surface area contributed by atoms with Crippen LogP contribution in [0.15, 0.2) is 85.0 Å². The number of aromatic nitrogens is 2. The zero-order chi connectivity index (χ0) is 93.3. The van der Waals surface area contributed by atoms with E-state index in [0.717, 1.165) is 123 Å². The Kier molecular flexibility index (Phi) is 26.6. The summed E-state index contributed by atoms with van der Waals surface area (Å²) in [6, 6.07) is 16.2. The maximum absolute atomic E-state index is 15.0. The van der Waals surface area contributed by atoms with Crippen LogP contribution >= 0.6 is 0 Å². The predicted octanol–water partition coefficient (Wildman–Crippen LogP) is 8.69. The summed E-state index contributed by atoms with van der Waals surface area (Å²) in [7, 11) is 2.49. The Morgan fingerprint density at radius 2 is 0.969 bits per heavy atom. The normalized spacial score (nSPS) is 34.2. The summed E-state index contributed by atoms with van der Waals surface area (Å²) >= 11 is 0. The second-order valence-corrected chi connectivity index (χ2v) is 37.6. The molecule has 2 aromatic heterocycles. The van der Waals surface area contributed by atoms with Crippen molar-refractivity contribution >= 4 is 94.2 Å². The van der Waals surface area contributed by atoms with E-state index in [2.05, 4.69) is 97.7 Å². The highest BCUT2D eigenvalue weighted by atomic mass is 19.1. The molecular weight excluding hydrogens is 1660 g/mol. The van der Waals surface area contributed by atoms with Crippen molar-refractivity contribution in [3.05, 3.63) is 152 Å². The fourth-order valence-electron chi connectivity index (χ4n) is 26.6. The summed E-state index contributed by atoms with van der Waals surface area (Å²) < 4.78 is 56.9. The highest BCUT2D eigenvalue weighted by Gasteiger charge is 2.82. The molecule has 2 saturated carbocycles. The summed E-state index contributed by atoms with van der Waals surface area (Å²) in [5.41, 5.74) is 2.43. The molecule has 12 heterocycles. The second-order valence-electron chi connectivity index (χ2n) is 37.6. The van der Waals surface area contributed by atoms with E-state index < -0.39 is 115 Å². The molecule has 6 fully saturated rings. The van der Waals surface area contributed by atoms with Crippen molar-refractivity contribution in [2.75, 3.05) is 89.9 Å². The summed E-state index contributed by atoms with van der Waals surface area (Å²) in [6.45, 7) is 28.7. The number of amides is 1. The standard InChI is InChI=1S/C45H55FN4O7.C44H55FN4O6.C4H6O3.CH2O2.2CO2/c1-7-42(54)22-28-21-41(5,36-30(12-16-48(23-28)24-42)31-19-29(46)10-11-34(31)47-36)32-20-33-35(18-26(32)3)50(25-51)38-44(33)14-17-49-15-9-13-43(8-2,37(44)49)39(57-27(4)52)45(38,55)40(53)56-6;1-7-41(52)22-27-21-40(5,35-29(12-16-48(23-27)24-41)30-19-28(45)10-11-33(30)46-35)31-20-32-34(18-25(31)3)47-36-43(32)14-17-49-15-9-13-42(8-2,37(43)49)38(55-26(4)50)44(36,53)39(51)54-6;1-3(5)7-4(2)6;3*2-1-3/h9-11,13,18-20,25,28,37-39,47,54-55H,7-8,12,14-17,21-24H2,1-6H3;9-11,13,18-20,27,36-38,46-47,52-53H,7-8,12,14-17,21-24H2,1-6H3;1-2H3;1H,(H,2,3);;/t28-,37+,38?,39-,41-,42+,43-,44-,45+;27-,36?,37+,38-,40-,41+,42-,43+,44+;;;;/m11..../s1. The molecule has 32 heteroatoms. The van der Waals surface area contributed by atoms with Gasteiger partial charge in [0, 0.05) is 169 Å². The number of methoxy groups -OCH3 is 2. The number of aromatic amines is 2. The molecule has 2 spiro atoms. The van der Waals surface area contributed by atoms with Crippen molar-refractivity contribution < 1.29 is 116 Å². The molecule has 30 nitrogen and oxygen atoms in total. The number of fused-ring (bicyclic) bond motifs is 12. The maximum Gasteiger partial charge on any atom is 0.373 e. The number of ether oxygens (including phenoxy) is 5. The first-order valence-electron chi connectivity index (χ1n) is 44.1. The van der Waals surface area contributed by atoms with Crippen LogP contribution in [-0.2, 0) is 116 Å². The SMILES string of the molecule is CC(=O)OC(C)=O.CC[C@]1(O)C[C@@H]2CN(CCc3c([nH]c4ccc(F)cc34)[C@@](C)(c3cc4c(cc3C)N(C=O)C3[C@]45CCN4CC=C[C@@](CC)([C@@H](OC(C)=O)[C@]3(O)C(=O)OC)[C@H]45)C2)C1.CC[C@]1(O)C[C@@H]2CN(CCc3c([nH]c4ccc(F)cc34)[C@@](C)(c3cc4c(cc3C)NC3[C@]45CCN4CC=C[C@@](CC)([C@@H](OC(C)=O)[C@]3(O)C(=O)OC)[C@H]45)C2)C1.O=C=O.O=C=O.O=CO. The number of hydrogen-bond acceptors (Lipinski definition) is 26. The van der Waals surface area contributed by atoms with Gasteiger partial charge >= 0.3 is 48.1 Å². The Labute approximate surface area is 741 Å². The minimum Gasteiger partial charge on any atom is -0.483 e. The number of carbonyl (C=O) groups excluding carboxylic acids is 11. The van der Waals surface area contributed by atoms with Gasteiger partial charge in [-0.25, -0.2) is 18.4 Å². The van der Waals surface area contributed by atoms with Crippen LogP contribution in [0.25, 0.3) is 21.8 Å². The average molecular weight is 1770 g/mol. The first-order valence-corrected chi connectivity index (χ1v) is 44.1. The molecule has 12 aliphatic rings. The Morgan fingerprint density at radius 1 is 0.547 bits per heavy atom. The molecule has 4 unspecified atom stereocenters. The number of nitrogens with zero attached hydrogens (tertiary/aromatic N) is 5. The van der Waals surface area contributed by atoms with Crippen LogP contribution in [0.3, 0.4) is 0 Å². The van der Waals surface area contributed by atoms with Crippen LogP contribution < -0.4 is 10.2 Å². The number of hydrogen-bond donors (Lipinski definition) is 8. The number of aryl methyl sites for hydroxylation is 2. The van der Waals surface area contributed by atoms with Gasteiger partial charge in [0.1, 0.15) is 11.6 Å². The van der Waals surface area contributed by atoms with E-state index in [9.17, 15) is 58.4 Å². The van der Waals surface area contributed by atoms with Crippen molar-refractivity contribution in [3.8, 4) is 0 Å². The smallest absolute Gasteiger partial charge is 0.373 e. The fraction of sp³-hybridized carbons (Fsp3) is 0.562. The number of nitrogens with one attached hydrogen (secondary N) is 3. The Bertz CT molecular complexity index is 5480. The van der Waals surface area contributed by atoms with Crippen LogP contribution in [-0.4, -0.2) is 255 Å². The van der Waals surface area contributed by atoms with Crippen molar-refractivity contribution in [3.63, 3.8) is 0 Å². The van der Waals surface area contributed by atoms with Gasteiger partial charge in [-0.2, -0.15) is 19.2 Å². The van der Waals surface area contributed by atoms with Crippen molar-refractivity contribution in [1.29, 1.82) is 0 Å². The van der Waals surface area contributed by atoms with Gasteiger partial charge in [0.2, 0.25) is 17.6 Å². The molecule has 18 rings (SSSR count). The summed E-state index contributed by atoms with van der Waals surface area (Å²) in [5.74, 6) is -4.36. The van der Waals surface area contributed by atoms with E-state index in [1.54, 1.807) is 12.1 Å². The molecule has 0 radical (unpaired) electrons. The molecule has 8 N–H and O–H groups in total. The van der Waals surface area contributed by atoms with Gasteiger partial charge < -0.3 is 69.4 Å². The maximum atomic E-state index is 15.0.